The van der Waals surface area contributed by atoms with Crippen LogP contribution in [0.3, 0.4) is 0 Å². The maximum atomic E-state index is 11.0. The number of anilines is 2. The second kappa shape index (κ2) is 6.09. The standard InChI is InChI=1S/C16H16N2O3/c1-10(19)17-13-5-3-12(4-6-13)15-8-7-14(9-16(15)21)18-11(2)20/h3-9,21H,1-2H3,(H,17,19)(H,18,20). The van der Waals surface area contributed by atoms with Crippen LogP contribution in [-0.2, 0) is 9.59 Å². The third kappa shape index (κ3) is 3.82. The lowest BCUT2D eigenvalue weighted by Crippen LogP contribution is -2.05. The topological polar surface area (TPSA) is 78.4 Å². The molecule has 0 aliphatic rings. The number of carbonyl (C=O) groups is 2. The van der Waals surface area contributed by atoms with Crippen LogP contribution in [0.25, 0.3) is 11.1 Å². The first-order valence-electron chi connectivity index (χ1n) is 6.44. The Bertz CT molecular complexity index is 678. The summed E-state index contributed by atoms with van der Waals surface area (Å²) in [6.45, 7) is 2.85. The molecule has 5 heteroatoms. The van der Waals surface area contributed by atoms with Crippen molar-refractivity contribution < 1.29 is 14.7 Å². The highest BCUT2D eigenvalue weighted by atomic mass is 16.3. The Balaban J connectivity index is 2.25. The van der Waals surface area contributed by atoms with E-state index in [4.69, 9.17) is 0 Å². The van der Waals surface area contributed by atoms with Gasteiger partial charge in [-0.25, -0.2) is 0 Å². The van der Waals surface area contributed by atoms with Crippen LogP contribution in [-0.4, -0.2) is 16.9 Å². The lowest BCUT2D eigenvalue weighted by atomic mass is 10.0. The fraction of sp³-hybridized carbons (Fsp3) is 0.125. The van der Waals surface area contributed by atoms with Crippen molar-refractivity contribution in [2.75, 3.05) is 10.6 Å². The Morgan fingerprint density at radius 3 is 1.90 bits per heavy atom. The minimum Gasteiger partial charge on any atom is -0.507 e. The summed E-state index contributed by atoms with van der Waals surface area (Å²) in [6, 6.07) is 12.1. The smallest absolute Gasteiger partial charge is 0.221 e. The highest BCUT2D eigenvalue weighted by Crippen LogP contribution is 2.32. The highest BCUT2D eigenvalue weighted by molar-refractivity contribution is 5.90. The van der Waals surface area contributed by atoms with Gasteiger partial charge in [0.1, 0.15) is 5.75 Å². The van der Waals surface area contributed by atoms with Gasteiger partial charge in [-0.1, -0.05) is 12.1 Å². The van der Waals surface area contributed by atoms with Crippen LogP contribution >= 0.6 is 0 Å². The van der Waals surface area contributed by atoms with Crippen LogP contribution in [0.5, 0.6) is 5.75 Å². The molecule has 0 spiro atoms. The lowest BCUT2D eigenvalue weighted by molar-refractivity contribution is -0.115. The molecule has 0 radical (unpaired) electrons. The number of phenols is 1. The summed E-state index contributed by atoms with van der Waals surface area (Å²) >= 11 is 0. The fourth-order valence-corrected chi connectivity index (χ4v) is 1.99. The van der Waals surface area contributed by atoms with Crippen molar-refractivity contribution in [3.05, 3.63) is 42.5 Å². The van der Waals surface area contributed by atoms with Crippen LogP contribution in [0, 0.1) is 0 Å². The van der Waals surface area contributed by atoms with Gasteiger partial charge >= 0.3 is 0 Å². The molecule has 0 atom stereocenters. The quantitative estimate of drug-likeness (QED) is 0.810. The van der Waals surface area contributed by atoms with Gasteiger partial charge in [-0.3, -0.25) is 9.59 Å². The minimum atomic E-state index is -0.193. The molecule has 21 heavy (non-hydrogen) atoms. The number of aromatic hydroxyl groups is 1. The van der Waals surface area contributed by atoms with Gasteiger partial charge in [0.2, 0.25) is 11.8 Å². The maximum Gasteiger partial charge on any atom is 0.221 e. The Morgan fingerprint density at radius 1 is 0.857 bits per heavy atom. The zero-order valence-corrected chi connectivity index (χ0v) is 11.8. The van der Waals surface area contributed by atoms with Crippen LogP contribution in [0.1, 0.15) is 13.8 Å². The lowest BCUT2D eigenvalue weighted by Gasteiger charge is -2.09. The van der Waals surface area contributed by atoms with Crippen molar-refractivity contribution in [2.24, 2.45) is 0 Å². The molecular weight excluding hydrogens is 268 g/mol. The average Bonchev–Trinajstić information content (AvgIpc) is 2.39. The van der Waals surface area contributed by atoms with E-state index in [0.717, 1.165) is 5.56 Å². The van der Waals surface area contributed by atoms with Crippen LogP contribution in [0.15, 0.2) is 42.5 Å². The molecule has 0 aliphatic heterocycles. The Kier molecular flexibility index (Phi) is 4.23. The first-order valence-corrected chi connectivity index (χ1v) is 6.44. The van der Waals surface area contributed by atoms with E-state index in [1.54, 1.807) is 36.4 Å². The highest BCUT2D eigenvalue weighted by Gasteiger charge is 2.06. The molecule has 3 N–H and O–H groups in total. The molecule has 0 saturated heterocycles. The Labute approximate surface area is 122 Å². The molecule has 2 rings (SSSR count). The van der Waals surface area contributed by atoms with Crippen LogP contribution in [0.2, 0.25) is 0 Å². The summed E-state index contributed by atoms with van der Waals surface area (Å²) in [5.41, 5.74) is 2.70. The summed E-state index contributed by atoms with van der Waals surface area (Å²) in [6.07, 6.45) is 0. The van der Waals surface area contributed by atoms with Crippen molar-refractivity contribution >= 4 is 23.2 Å². The third-order valence-corrected chi connectivity index (χ3v) is 2.83. The summed E-state index contributed by atoms with van der Waals surface area (Å²) in [4.78, 5) is 21.9. The monoisotopic (exact) mass is 284 g/mol. The van der Waals surface area contributed by atoms with Gasteiger partial charge in [0, 0.05) is 36.9 Å². The van der Waals surface area contributed by atoms with Crippen molar-refractivity contribution in [3.8, 4) is 16.9 Å². The zero-order chi connectivity index (χ0) is 15.4. The molecule has 0 unspecified atom stereocenters. The predicted octanol–water partition coefficient (Wildman–Crippen LogP) is 2.98. The number of carbonyl (C=O) groups excluding carboxylic acids is 2. The van der Waals surface area contributed by atoms with Gasteiger partial charge in [0.05, 0.1) is 0 Å². The molecule has 5 nitrogen and oxygen atoms in total. The van der Waals surface area contributed by atoms with E-state index in [1.807, 2.05) is 0 Å². The average molecular weight is 284 g/mol. The molecule has 0 aromatic heterocycles. The zero-order valence-electron chi connectivity index (χ0n) is 11.8. The van der Waals surface area contributed by atoms with Gasteiger partial charge < -0.3 is 15.7 Å². The molecule has 2 aromatic carbocycles. The van der Waals surface area contributed by atoms with E-state index >= 15 is 0 Å². The number of benzene rings is 2. The number of phenolic OH excluding ortho intramolecular Hbond substituents is 1. The summed E-state index contributed by atoms with van der Waals surface area (Å²) < 4.78 is 0. The third-order valence-electron chi connectivity index (χ3n) is 2.83. The second-order valence-electron chi connectivity index (χ2n) is 4.67. The van der Waals surface area contributed by atoms with Crippen molar-refractivity contribution in [3.63, 3.8) is 0 Å². The van der Waals surface area contributed by atoms with Gasteiger partial charge in [-0.2, -0.15) is 0 Å². The molecular formula is C16H16N2O3. The van der Waals surface area contributed by atoms with E-state index in [-0.39, 0.29) is 17.6 Å². The maximum absolute atomic E-state index is 11.0. The first kappa shape index (κ1) is 14.6. The second-order valence-corrected chi connectivity index (χ2v) is 4.67. The molecule has 108 valence electrons. The fourth-order valence-electron chi connectivity index (χ4n) is 1.99. The van der Waals surface area contributed by atoms with E-state index in [9.17, 15) is 14.7 Å². The molecule has 0 heterocycles. The van der Waals surface area contributed by atoms with Gasteiger partial charge in [-0.05, 0) is 29.8 Å². The van der Waals surface area contributed by atoms with E-state index in [0.29, 0.717) is 16.9 Å². The molecule has 0 bridgehead atoms. The van der Waals surface area contributed by atoms with Crippen molar-refractivity contribution in [1.82, 2.24) is 0 Å². The van der Waals surface area contributed by atoms with Crippen LogP contribution < -0.4 is 10.6 Å². The predicted molar refractivity (Wildman–Crippen MR) is 82.2 cm³/mol. The minimum absolute atomic E-state index is 0.0773. The van der Waals surface area contributed by atoms with Crippen molar-refractivity contribution in [2.45, 2.75) is 13.8 Å². The van der Waals surface area contributed by atoms with E-state index < -0.39 is 0 Å². The number of nitrogens with one attached hydrogen (secondary N) is 2. The Morgan fingerprint density at radius 2 is 1.38 bits per heavy atom. The molecule has 0 aliphatic carbocycles. The first-order chi connectivity index (χ1) is 9.95. The number of amides is 2. The van der Waals surface area contributed by atoms with Gasteiger partial charge in [-0.15, -0.1) is 0 Å². The summed E-state index contributed by atoms with van der Waals surface area (Å²) in [5.74, 6) is -0.249. The molecule has 2 amide bonds. The summed E-state index contributed by atoms with van der Waals surface area (Å²) in [7, 11) is 0. The normalized spacial score (nSPS) is 10.0. The van der Waals surface area contributed by atoms with E-state index in [2.05, 4.69) is 10.6 Å². The van der Waals surface area contributed by atoms with Crippen LogP contribution in [0.4, 0.5) is 11.4 Å². The van der Waals surface area contributed by atoms with Crippen molar-refractivity contribution in [1.29, 1.82) is 0 Å². The van der Waals surface area contributed by atoms with Gasteiger partial charge in [0.15, 0.2) is 0 Å². The number of rotatable bonds is 3. The molecule has 0 saturated carbocycles. The van der Waals surface area contributed by atoms with E-state index in [1.165, 1.54) is 19.9 Å². The number of hydrogen-bond donors (Lipinski definition) is 3. The summed E-state index contributed by atoms with van der Waals surface area (Å²) in [5, 5.41) is 15.3. The Hall–Kier alpha value is -2.82. The largest absolute Gasteiger partial charge is 0.507 e. The number of hydrogen-bond acceptors (Lipinski definition) is 3. The SMILES string of the molecule is CC(=O)Nc1ccc(-c2ccc(NC(C)=O)cc2O)cc1. The molecule has 2 aromatic rings. The van der Waals surface area contributed by atoms with Gasteiger partial charge in [0.25, 0.3) is 0 Å². The molecule has 0 fully saturated rings.